The van der Waals surface area contributed by atoms with Gasteiger partial charge in [-0.1, -0.05) is 14.5 Å². The molecule has 0 aromatic carbocycles. The third-order valence-electron chi connectivity index (χ3n) is 1.99. The van der Waals surface area contributed by atoms with E-state index in [0.29, 0.717) is 0 Å². The Balaban J connectivity index is 1.83. The summed E-state index contributed by atoms with van der Waals surface area (Å²) in [6.45, 7) is 0. The van der Waals surface area contributed by atoms with Gasteiger partial charge in [0.1, 0.15) is 0 Å². The summed E-state index contributed by atoms with van der Waals surface area (Å²) in [5.74, 6) is 0. The van der Waals surface area contributed by atoms with Crippen LogP contribution in [0.3, 0.4) is 0 Å². The van der Waals surface area contributed by atoms with Gasteiger partial charge in [0.05, 0.1) is 37.2 Å². The maximum Gasteiger partial charge on any atom is 0.709 e. The summed E-state index contributed by atoms with van der Waals surface area (Å²) < 4.78 is 27.8. The predicted octanol–water partition coefficient (Wildman–Crippen LogP) is 0.0704. The van der Waals surface area contributed by atoms with Crippen molar-refractivity contribution >= 4 is 7.82 Å². The minimum Gasteiger partial charge on any atom is -0.272 e. The van der Waals surface area contributed by atoms with E-state index in [9.17, 15) is 4.57 Å². The molecule has 3 heterocycles. The zero-order valence-electron chi connectivity index (χ0n) is 9.96. The lowest BCUT2D eigenvalue weighted by molar-refractivity contribution is 0.0608. The molecule has 0 saturated heterocycles. The Morgan fingerprint density at radius 1 is 0.700 bits per heavy atom. The van der Waals surface area contributed by atoms with Gasteiger partial charge >= 0.3 is 7.82 Å². The lowest BCUT2D eigenvalue weighted by Gasteiger charge is -2.16. The van der Waals surface area contributed by atoms with Crippen LogP contribution in [0.25, 0.3) is 0 Å². The SMILES string of the molecule is O=P(On1cccn1)(On1cccn1)On1cccn1. The van der Waals surface area contributed by atoms with Crippen LogP contribution in [0.5, 0.6) is 0 Å². The predicted molar refractivity (Wildman–Crippen MR) is 64.0 cm³/mol. The van der Waals surface area contributed by atoms with Gasteiger partial charge < -0.3 is 0 Å². The molecule has 0 saturated carbocycles. The second-order valence-corrected chi connectivity index (χ2v) is 4.80. The molecule has 0 radical (unpaired) electrons. The zero-order valence-corrected chi connectivity index (χ0v) is 10.9. The van der Waals surface area contributed by atoms with E-state index in [0.717, 1.165) is 14.5 Å². The Bertz CT molecular complexity index is 585. The first-order valence-corrected chi connectivity index (χ1v) is 6.89. The van der Waals surface area contributed by atoms with Crippen molar-refractivity contribution in [2.24, 2.45) is 0 Å². The minimum absolute atomic E-state index is 0.952. The average molecular weight is 296 g/mol. The molecular weight excluding hydrogens is 287 g/mol. The molecule has 0 atom stereocenters. The number of hydrogen-bond donors (Lipinski definition) is 0. The van der Waals surface area contributed by atoms with Crippen molar-refractivity contribution in [2.45, 2.75) is 0 Å². The van der Waals surface area contributed by atoms with Gasteiger partial charge in [-0.2, -0.15) is 4.57 Å². The molecule has 104 valence electrons. The molecule has 0 aliphatic rings. The Morgan fingerprint density at radius 3 is 1.30 bits per heavy atom. The summed E-state index contributed by atoms with van der Waals surface area (Å²) in [6, 6.07) is 4.77. The smallest absolute Gasteiger partial charge is 0.272 e. The van der Waals surface area contributed by atoms with E-state index in [2.05, 4.69) is 15.3 Å². The van der Waals surface area contributed by atoms with Crippen molar-refractivity contribution in [3.05, 3.63) is 55.4 Å². The van der Waals surface area contributed by atoms with Gasteiger partial charge in [-0.3, -0.25) is 13.9 Å². The van der Waals surface area contributed by atoms with Crippen molar-refractivity contribution in [3.8, 4) is 0 Å². The first kappa shape index (κ1) is 12.3. The van der Waals surface area contributed by atoms with E-state index in [-0.39, 0.29) is 0 Å². The van der Waals surface area contributed by atoms with Crippen LogP contribution in [-0.2, 0) is 4.57 Å². The zero-order chi connectivity index (χ0) is 13.8. The van der Waals surface area contributed by atoms with Crippen LogP contribution in [0.4, 0.5) is 0 Å². The lowest BCUT2D eigenvalue weighted by Crippen LogP contribution is -2.26. The highest BCUT2D eigenvalue weighted by atomic mass is 31.2. The third-order valence-corrected chi connectivity index (χ3v) is 3.09. The summed E-state index contributed by atoms with van der Waals surface area (Å²) in [7, 11) is -4.08. The molecule has 20 heavy (non-hydrogen) atoms. The largest absolute Gasteiger partial charge is 0.709 e. The van der Waals surface area contributed by atoms with E-state index in [4.69, 9.17) is 13.9 Å². The number of phosphoric acid groups is 1. The maximum atomic E-state index is 12.6. The molecule has 3 aromatic heterocycles. The van der Waals surface area contributed by atoms with E-state index in [1.807, 2.05) is 0 Å². The van der Waals surface area contributed by atoms with Gasteiger partial charge in [-0.05, 0) is 18.2 Å². The lowest BCUT2D eigenvalue weighted by atomic mass is 10.8. The number of nitrogens with zero attached hydrogens (tertiary/aromatic N) is 6. The summed E-state index contributed by atoms with van der Waals surface area (Å²) >= 11 is 0. The summed E-state index contributed by atoms with van der Waals surface area (Å²) in [5, 5.41) is 11.3. The van der Waals surface area contributed by atoms with E-state index in [1.54, 1.807) is 18.2 Å². The molecule has 0 spiro atoms. The molecule has 10 nitrogen and oxygen atoms in total. The fourth-order valence-electron chi connectivity index (χ4n) is 1.26. The van der Waals surface area contributed by atoms with Gasteiger partial charge in [-0.15, -0.1) is 15.3 Å². The van der Waals surface area contributed by atoms with Crippen LogP contribution in [0, 0.1) is 0 Å². The highest BCUT2D eigenvalue weighted by Gasteiger charge is 2.36. The topological polar surface area (TPSA) is 98.2 Å². The Labute approximate surface area is 112 Å². The van der Waals surface area contributed by atoms with Gasteiger partial charge in [-0.25, -0.2) is 0 Å². The molecular formula is C9H9N6O4P. The third kappa shape index (κ3) is 2.81. The second-order valence-electron chi connectivity index (χ2n) is 3.42. The molecule has 0 aliphatic carbocycles. The second kappa shape index (κ2) is 5.10. The maximum absolute atomic E-state index is 12.6. The number of hydrogen-bond acceptors (Lipinski definition) is 7. The molecule has 3 aromatic rings. The molecule has 0 unspecified atom stereocenters. The van der Waals surface area contributed by atoms with Gasteiger partial charge in [0.2, 0.25) is 0 Å². The van der Waals surface area contributed by atoms with Crippen LogP contribution >= 0.6 is 7.82 Å². The highest BCUT2D eigenvalue weighted by molar-refractivity contribution is 7.49. The molecule has 0 fully saturated rings. The molecule has 0 N–H and O–H groups in total. The van der Waals surface area contributed by atoms with Crippen LogP contribution in [0.15, 0.2) is 55.4 Å². The Morgan fingerprint density at radius 2 is 1.05 bits per heavy atom. The number of rotatable bonds is 6. The minimum atomic E-state index is -4.08. The first-order valence-electron chi connectivity index (χ1n) is 5.43. The van der Waals surface area contributed by atoms with Crippen molar-refractivity contribution in [1.82, 2.24) is 29.8 Å². The van der Waals surface area contributed by atoms with E-state index >= 15 is 0 Å². The number of aromatic nitrogens is 6. The molecule has 0 amide bonds. The van der Waals surface area contributed by atoms with Crippen LogP contribution in [0.2, 0.25) is 0 Å². The van der Waals surface area contributed by atoms with E-state index < -0.39 is 7.82 Å². The van der Waals surface area contributed by atoms with Gasteiger partial charge in [0.25, 0.3) is 0 Å². The summed E-state index contributed by atoms with van der Waals surface area (Å²) in [5.41, 5.74) is 0. The Kier molecular flexibility index (Phi) is 3.13. The quantitative estimate of drug-likeness (QED) is 0.593. The fourth-order valence-corrected chi connectivity index (χ4v) is 2.26. The van der Waals surface area contributed by atoms with Crippen molar-refractivity contribution in [3.63, 3.8) is 0 Å². The molecule has 0 aliphatic heterocycles. The van der Waals surface area contributed by atoms with Crippen LogP contribution in [-0.4, -0.2) is 29.8 Å². The van der Waals surface area contributed by atoms with Crippen molar-refractivity contribution in [2.75, 3.05) is 0 Å². The molecule has 0 bridgehead atoms. The van der Waals surface area contributed by atoms with Crippen molar-refractivity contribution < 1.29 is 18.4 Å². The monoisotopic (exact) mass is 296 g/mol. The standard InChI is InChI=1S/C9H9N6O4P/c16-20(17-13-7-1-4-10-13,18-14-8-2-5-11-14)19-15-9-3-6-12-15/h1-9H. The highest BCUT2D eigenvalue weighted by Crippen LogP contribution is 2.38. The van der Waals surface area contributed by atoms with Crippen molar-refractivity contribution in [1.29, 1.82) is 0 Å². The average Bonchev–Trinajstić information content (AvgIpc) is 3.11. The van der Waals surface area contributed by atoms with Crippen LogP contribution in [0.1, 0.15) is 0 Å². The van der Waals surface area contributed by atoms with Gasteiger partial charge in [0.15, 0.2) is 0 Å². The van der Waals surface area contributed by atoms with E-state index in [1.165, 1.54) is 37.2 Å². The normalized spacial score (nSPS) is 11.2. The fraction of sp³-hybridized carbons (Fsp3) is 0. The summed E-state index contributed by atoms with van der Waals surface area (Å²) in [6.07, 6.45) is 8.66. The Hall–Kier alpha value is -2.74. The summed E-state index contributed by atoms with van der Waals surface area (Å²) in [4.78, 5) is 2.86. The van der Waals surface area contributed by atoms with Crippen LogP contribution < -0.4 is 13.9 Å². The molecule has 3 rings (SSSR count). The van der Waals surface area contributed by atoms with Gasteiger partial charge in [0, 0.05) is 0 Å². The molecule has 11 heteroatoms. The first-order chi connectivity index (χ1) is 9.73.